The number of hydrogen-bond donors (Lipinski definition) is 3. The van der Waals surface area contributed by atoms with E-state index < -0.39 is 22.4 Å². The number of carbonyl (C=O) groups excluding carboxylic acids is 1. The number of ketones is 1. The molecule has 2 unspecified atom stereocenters. The van der Waals surface area contributed by atoms with E-state index >= 15 is 0 Å². The zero-order valence-corrected chi connectivity index (χ0v) is 12.2. The van der Waals surface area contributed by atoms with Crippen molar-refractivity contribution in [2.45, 2.75) is 38.0 Å². The van der Waals surface area contributed by atoms with Gasteiger partial charge in [-0.3, -0.25) is 20.0 Å². The summed E-state index contributed by atoms with van der Waals surface area (Å²) in [4.78, 5) is 29.7. The van der Waals surface area contributed by atoms with E-state index in [-0.39, 0.29) is 23.8 Å². The van der Waals surface area contributed by atoms with Gasteiger partial charge in [-0.15, -0.1) is 0 Å². The Bertz CT molecular complexity index is 459. The second kappa shape index (κ2) is 6.30. The summed E-state index contributed by atoms with van der Waals surface area (Å²) in [6.45, 7) is 0. The van der Waals surface area contributed by atoms with Crippen LogP contribution >= 0.6 is 16.5 Å². The first-order chi connectivity index (χ1) is 9.42. The molecule has 3 N–H and O–H groups in total. The molecule has 0 amide bonds. The Morgan fingerprint density at radius 1 is 1.25 bits per heavy atom. The summed E-state index contributed by atoms with van der Waals surface area (Å²) in [5, 5.41) is 3.73. The quantitative estimate of drug-likeness (QED) is 0.488. The molecule has 2 aliphatic rings. The number of carbonyl (C=O) groups is 1. The number of nitrogens with one attached hydrogen (secondary N) is 1. The van der Waals surface area contributed by atoms with Gasteiger partial charge in [-0.1, -0.05) is 12.8 Å². The molecule has 11 heteroatoms. The van der Waals surface area contributed by atoms with Crippen molar-refractivity contribution >= 4 is 28.0 Å². The predicted octanol–water partition coefficient (Wildman–Crippen LogP) is 1.08. The summed E-state index contributed by atoms with van der Waals surface area (Å²) in [6.07, 6.45) is 3.19. The highest BCUT2D eigenvalue weighted by Gasteiger charge is 2.46. The van der Waals surface area contributed by atoms with Crippen LogP contribution in [0, 0.1) is 5.92 Å². The van der Waals surface area contributed by atoms with Crippen molar-refractivity contribution in [2.75, 3.05) is 0 Å². The summed E-state index contributed by atoms with van der Waals surface area (Å²) >= 11 is 0. The Morgan fingerprint density at radius 3 is 2.30 bits per heavy atom. The van der Waals surface area contributed by atoms with E-state index in [2.05, 4.69) is 19.6 Å². The average molecular weight is 324 g/mol. The molecule has 0 spiro atoms. The van der Waals surface area contributed by atoms with Crippen LogP contribution in [0.3, 0.4) is 0 Å². The molecule has 2 radical (unpaired) electrons. The van der Waals surface area contributed by atoms with Crippen LogP contribution in [0.15, 0.2) is 5.10 Å². The normalized spacial score (nSPS) is 28.0. The standard InChI is InChI=1S/C9H14N2O7P2/c12-8(6-3-1-2-4-6)7-5-9(11-10-7,17-19(13)14)18-20(15)16/h6,11H,1-5H2,(H,13,14)(H,15,16). The van der Waals surface area contributed by atoms with Crippen LogP contribution in [-0.4, -0.2) is 27.2 Å². The highest BCUT2D eigenvalue weighted by molar-refractivity contribution is 7.33. The van der Waals surface area contributed by atoms with Gasteiger partial charge >= 0.3 is 16.5 Å². The zero-order valence-electron chi connectivity index (χ0n) is 10.4. The summed E-state index contributed by atoms with van der Waals surface area (Å²) in [7, 11) is -6.20. The van der Waals surface area contributed by atoms with Crippen LogP contribution in [0.25, 0.3) is 0 Å². The second-order valence-electron chi connectivity index (χ2n) is 4.60. The Labute approximate surface area is 116 Å². The van der Waals surface area contributed by atoms with Crippen molar-refractivity contribution in [3.05, 3.63) is 0 Å². The average Bonchev–Trinajstić information content (AvgIpc) is 2.96. The summed E-state index contributed by atoms with van der Waals surface area (Å²) in [5.74, 6) is -2.36. The first-order valence-electron chi connectivity index (χ1n) is 6.00. The molecule has 2 atom stereocenters. The highest BCUT2D eigenvalue weighted by Crippen LogP contribution is 2.38. The molecule has 9 nitrogen and oxygen atoms in total. The van der Waals surface area contributed by atoms with E-state index in [9.17, 15) is 13.9 Å². The monoisotopic (exact) mass is 324 g/mol. The van der Waals surface area contributed by atoms with Gasteiger partial charge in [0.1, 0.15) is 5.71 Å². The predicted molar refractivity (Wildman–Crippen MR) is 66.7 cm³/mol. The number of hydrogen-bond acceptors (Lipinski definition) is 7. The molecular formula is C9H14N2O7P2. The molecule has 0 saturated heterocycles. The molecule has 1 aliphatic heterocycles. The lowest BCUT2D eigenvalue weighted by Crippen LogP contribution is -2.42. The molecule has 1 saturated carbocycles. The lowest BCUT2D eigenvalue weighted by molar-refractivity contribution is -0.129. The van der Waals surface area contributed by atoms with Gasteiger partial charge in [-0.05, 0) is 12.8 Å². The van der Waals surface area contributed by atoms with Crippen LogP contribution in [0.2, 0.25) is 0 Å². The number of rotatable bonds is 6. The molecule has 0 bridgehead atoms. The molecule has 1 heterocycles. The van der Waals surface area contributed by atoms with Crippen molar-refractivity contribution in [2.24, 2.45) is 11.0 Å². The van der Waals surface area contributed by atoms with Crippen molar-refractivity contribution in [1.82, 2.24) is 5.43 Å². The topological polar surface area (TPSA) is 135 Å². The van der Waals surface area contributed by atoms with Gasteiger partial charge in [0, 0.05) is 5.92 Å². The zero-order chi connectivity index (χ0) is 14.8. The van der Waals surface area contributed by atoms with Crippen LogP contribution < -0.4 is 5.43 Å². The van der Waals surface area contributed by atoms with E-state index in [0.29, 0.717) is 0 Å². The third kappa shape index (κ3) is 3.63. The van der Waals surface area contributed by atoms with Gasteiger partial charge < -0.3 is 0 Å². The van der Waals surface area contributed by atoms with E-state index in [1.54, 1.807) is 0 Å². The third-order valence-electron chi connectivity index (χ3n) is 3.22. The van der Waals surface area contributed by atoms with Gasteiger partial charge in [0.25, 0.3) is 5.91 Å². The Balaban J connectivity index is 2.06. The maximum Gasteiger partial charge on any atom is 0.370 e. The lowest BCUT2D eigenvalue weighted by Gasteiger charge is -2.23. The molecule has 112 valence electrons. The van der Waals surface area contributed by atoms with E-state index in [1.807, 2.05) is 0 Å². The van der Waals surface area contributed by atoms with Crippen molar-refractivity contribution < 1.29 is 32.8 Å². The van der Waals surface area contributed by atoms with E-state index in [4.69, 9.17) is 9.79 Å². The Hall–Kier alpha value is -0.820. The van der Waals surface area contributed by atoms with Crippen LogP contribution in [0.5, 0.6) is 0 Å². The number of nitrogens with zero attached hydrogens (tertiary/aromatic N) is 1. The minimum atomic E-state index is -3.10. The molecule has 1 aliphatic carbocycles. The molecule has 2 rings (SSSR count). The van der Waals surface area contributed by atoms with Gasteiger partial charge in [0.05, 0.1) is 6.42 Å². The number of hydrazone groups is 1. The molecule has 1 fully saturated rings. The lowest BCUT2D eigenvalue weighted by atomic mass is 9.97. The molecular weight excluding hydrogens is 310 g/mol. The maximum atomic E-state index is 12.2. The fourth-order valence-corrected chi connectivity index (χ4v) is 3.24. The minimum absolute atomic E-state index is 0.0885. The van der Waals surface area contributed by atoms with E-state index in [0.717, 1.165) is 25.7 Å². The summed E-state index contributed by atoms with van der Waals surface area (Å²) in [6, 6.07) is 0. The van der Waals surface area contributed by atoms with Crippen molar-refractivity contribution in [3.63, 3.8) is 0 Å². The van der Waals surface area contributed by atoms with E-state index in [1.165, 1.54) is 0 Å². The number of Topliss-reactive ketones (excluding diaryl/α,β-unsaturated/α-hetero) is 1. The van der Waals surface area contributed by atoms with Gasteiger partial charge in [-0.2, -0.15) is 5.10 Å². The Kier molecular flexibility index (Phi) is 4.90. The first kappa shape index (κ1) is 15.6. The smallest absolute Gasteiger partial charge is 0.298 e. The maximum absolute atomic E-state index is 12.2. The SMILES string of the molecule is O=C(C1=NNC(O[P](=O)O)(O[P](=O)O)C1)C1CCCC1. The van der Waals surface area contributed by atoms with Crippen LogP contribution in [0.1, 0.15) is 32.1 Å². The van der Waals surface area contributed by atoms with Gasteiger partial charge in [0.2, 0.25) is 0 Å². The third-order valence-corrected chi connectivity index (χ3v) is 4.13. The molecule has 0 aromatic heterocycles. The van der Waals surface area contributed by atoms with Crippen LogP contribution in [0.4, 0.5) is 0 Å². The van der Waals surface area contributed by atoms with Gasteiger partial charge in [0.15, 0.2) is 5.78 Å². The minimum Gasteiger partial charge on any atom is -0.298 e. The largest absolute Gasteiger partial charge is 0.370 e. The second-order valence-corrected chi connectivity index (χ2v) is 5.92. The fraction of sp³-hybridized carbons (Fsp3) is 0.778. The van der Waals surface area contributed by atoms with Crippen LogP contribution in [-0.2, 0) is 23.0 Å². The Morgan fingerprint density at radius 2 is 1.80 bits per heavy atom. The summed E-state index contributed by atoms with van der Waals surface area (Å²) in [5.41, 5.74) is 2.31. The highest BCUT2D eigenvalue weighted by atomic mass is 31.1. The molecule has 0 aromatic carbocycles. The first-order valence-corrected chi connectivity index (χ1v) is 8.26. The van der Waals surface area contributed by atoms with Gasteiger partial charge in [-0.25, -0.2) is 18.2 Å². The fourth-order valence-electron chi connectivity index (χ4n) is 2.39. The molecule has 20 heavy (non-hydrogen) atoms. The van der Waals surface area contributed by atoms with Crippen molar-refractivity contribution in [1.29, 1.82) is 0 Å². The molecule has 0 aromatic rings. The summed E-state index contributed by atoms with van der Waals surface area (Å²) < 4.78 is 30.7. The van der Waals surface area contributed by atoms with Crippen molar-refractivity contribution in [3.8, 4) is 0 Å².